The second-order valence-electron chi connectivity index (χ2n) is 7.02. The van der Waals surface area contributed by atoms with Crippen LogP contribution in [0.25, 0.3) is 10.9 Å². The first kappa shape index (κ1) is 19.4. The normalized spacial score (nSPS) is 19.2. The van der Waals surface area contributed by atoms with Crippen molar-refractivity contribution in [2.24, 2.45) is 0 Å². The lowest BCUT2D eigenvalue weighted by molar-refractivity contribution is 0.143. The van der Waals surface area contributed by atoms with Crippen molar-refractivity contribution in [2.45, 2.75) is 19.4 Å². The molecule has 3 heterocycles. The molecule has 0 spiro atoms. The summed E-state index contributed by atoms with van der Waals surface area (Å²) < 4.78 is 21.4. The fourth-order valence-corrected chi connectivity index (χ4v) is 4.01. The molecule has 1 unspecified atom stereocenters. The van der Waals surface area contributed by atoms with Crippen LogP contribution in [0.5, 0.6) is 5.75 Å². The largest absolute Gasteiger partial charge is 0.511 e. The minimum atomic E-state index is -1.56. The summed E-state index contributed by atoms with van der Waals surface area (Å²) in [4.78, 5) is 27.7. The number of rotatable bonds is 2. The number of carboxylic acid groups (broad SMARTS) is 1. The average molecular weight is 398 g/mol. The molecule has 1 aromatic carbocycles. The number of nitrogens with zero attached hydrogens (tertiary/aromatic N) is 3. The summed E-state index contributed by atoms with van der Waals surface area (Å²) in [7, 11) is 2.04. The van der Waals surface area contributed by atoms with Crippen LogP contribution in [0.3, 0.4) is 0 Å². The van der Waals surface area contributed by atoms with Gasteiger partial charge in [0.2, 0.25) is 5.43 Å². The number of ether oxygens (including phenoxy) is 1. The van der Waals surface area contributed by atoms with Crippen molar-refractivity contribution in [3.63, 3.8) is 0 Å². The van der Waals surface area contributed by atoms with E-state index in [9.17, 15) is 9.59 Å². The van der Waals surface area contributed by atoms with Crippen LogP contribution in [0.2, 0.25) is 0 Å². The zero-order valence-corrected chi connectivity index (χ0v) is 15.9. The molecule has 2 aromatic rings. The predicted octanol–water partition coefficient (Wildman–Crippen LogP) is 2.49. The van der Waals surface area contributed by atoms with E-state index in [4.69, 9.17) is 5.11 Å². The summed E-state index contributed by atoms with van der Waals surface area (Å²) in [5.41, 5.74) is 1.46. The molecule has 0 saturated carbocycles. The van der Waals surface area contributed by atoms with E-state index in [2.05, 4.69) is 9.64 Å². The van der Waals surface area contributed by atoms with E-state index in [1.165, 1.54) is 12.3 Å². The van der Waals surface area contributed by atoms with Gasteiger partial charge in [-0.15, -0.1) is 12.4 Å². The fourth-order valence-electron chi connectivity index (χ4n) is 4.01. The Bertz CT molecular complexity index is 969. The van der Waals surface area contributed by atoms with Gasteiger partial charge in [0.15, 0.2) is 5.75 Å². The number of piperazine rings is 1. The number of aromatic nitrogens is 1. The number of pyridine rings is 1. The molecule has 1 atom stereocenters. The highest BCUT2D eigenvalue weighted by Gasteiger charge is 2.31. The number of anilines is 1. The Hall–Kier alpha value is -2.32. The molecule has 2 aliphatic heterocycles. The minimum absolute atomic E-state index is 0. The van der Waals surface area contributed by atoms with Crippen molar-refractivity contribution in [3.05, 3.63) is 33.9 Å². The highest BCUT2D eigenvalue weighted by atomic mass is 35.5. The summed E-state index contributed by atoms with van der Waals surface area (Å²) >= 11 is 0. The lowest BCUT2D eigenvalue weighted by Gasteiger charge is -2.35. The Labute approximate surface area is 161 Å². The smallest absolute Gasteiger partial charge is 0.449 e. The maximum atomic E-state index is 15.0. The highest BCUT2D eigenvalue weighted by Crippen LogP contribution is 2.40. The van der Waals surface area contributed by atoms with Gasteiger partial charge in [-0.3, -0.25) is 4.79 Å². The van der Waals surface area contributed by atoms with Gasteiger partial charge in [-0.2, -0.15) is 0 Å². The quantitative estimate of drug-likeness (QED) is 0.785. The van der Waals surface area contributed by atoms with Gasteiger partial charge in [0.25, 0.3) is 0 Å². The second kappa shape index (κ2) is 7.01. The van der Waals surface area contributed by atoms with Gasteiger partial charge in [0.05, 0.1) is 22.8 Å². The lowest BCUT2D eigenvalue weighted by Crippen LogP contribution is -2.45. The summed E-state index contributed by atoms with van der Waals surface area (Å²) in [6, 6.07) is 1.20. The van der Waals surface area contributed by atoms with Crippen molar-refractivity contribution in [1.82, 2.24) is 9.47 Å². The van der Waals surface area contributed by atoms with Crippen LogP contribution >= 0.6 is 12.4 Å². The number of carbonyl (C=O) groups is 1. The topological polar surface area (TPSA) is 75.0 Å². The van der Waals surface area contributed by atoms with Gasteiger partial charge in [-0.25, -0.2) is 9.18 Å². The van der Waals surface area contributed by atoms with E-state index in [1.54, 1.807) is 0 Å². The molecule has 4 rings (SSSR count). The Morgan fingerprint density at radius 1 is 1.30 bits per heavy atom. The zero-order chi connectivity index (χ0) is 18.6. The van der Waals surface area contributed by atoms with Gasteiger partial charge in [-0.05, 0) is 26.5 Å². The predicted molar refractivity (Wildman–Crippen MR) is 102 cm³/mol. The van der Waals surface area contributed by atoms with Crippen LogP contribution in [0.1, 0.15) is 18.5 Å². The van der Waals surface area contributed by atoms with Gasteiger partial charge in [0, 0.05) is 37.8 Å². The van der Waals surface area contributed by atoms with Crippen molar-refractivity contribution >= 4 is 35.2 Å². The zero-order valence-electron chi connectivity index (χ0n) is 15.1. The fraction of sp³-hybridized carbons (Fsp3) is 0.444. The molecule has 1 saturated heterocycles. The molecule has 2 aliphatic rings. The van der Waals surface area contributed by atoms with E-state index in [-0.39, 0.29) is 29.6 Å². The molecular formula is C18H21ClFN3O4. The first-order chi connectivity index (χ1) is 12.4. The van der Waals surface area contributed by atoms with Crippen molar-refractivity contribution in [3.8, 4) is 5.75 Å². The lowest BCUT2D eigenvalue weighted by atomic mass is 10.0. The van der Waals surface area contributed by atoms with E-state index in [0.29, 0.717) is 17.6 Å². The molecular weight excluding hydrogens is 377 g/mol. The number of halogens is 2. The maximum Gasteiger partial charge on any atom is 0.511 e. The standard InChI is InChI=1S/C18H20FN3O4.ClH/c1-10-7-11-15-12(17(23)14(9-22(10)15)26-18(24)25)8-13(19)16(11)21-5-3-20(2)4-6-21;/h8-10H,3-7H2,1-2H3,(H,24,25);1H. The van der Waals surface area contributed by atoms with Gasteiger partial charge in [-0.1, -0.05) is 0 Å². The van der Waals surface area contributed by atoms with Crippen molar-refractivity contribution in [2.75, 3.05) is 38.1 Å². The van der Waals surface area contributed by atoms with E-state index in [0.717, 1.165) is 31.7 Å². The maximum absolute atomic E-state index is 15.0. The summed E-state index contributed by atoms with van der Waals surface area (Å²) in [5, 5.41) is 9.01. The van der Waals surface area contributed by atoms with Crippen LogP contribution in [-0.2, 0) is 6.42 Å². The van der Waals surface area contributed by atoms with E-state index >= 15 is 4.39 Å². The minimum Gasteiger partial charge on any atom is -0.449 e. The third kappa shape index (κ3) is 3.12. The molecule has 146 valence electrons. The van der Waals surface area contributed by atoms with Gasteiger partial charge < -0.3 is 24.2 Å². The molecule has 9 heteroatoms. The Morgan fingerprint density at radius 3 is 2.59 bits per heavy atom. The van der Waals surface area contributed by atoms with Crippen LogP contribution < -0.4 is 15.1 Å². The molecule has 1 N–H and O–H groups in total. The third-order valence-corrected chi connectivity index (χ3v) is 5.30. The molecule has 0 amide bonds. The molecule has 7 nitrogen and oxygen atoms in total. The van der Waals surface area contributed by atoms with Crippen molar-refractivity contribution < 1.29 is 19.0 Å². The Kier molecular flexibility index (Phi) is 5.05. The molecule has 27 heavy (non-hydrogen) atoms. The number of likely N-dealkylation sites (N-methyl/N-ethyl adjacent to an activating group) is 1. The van der Waals surface area contributed by atoms with Crippen LogP contribution in [0, 0.1) is 5.82 Å². The number of hydrogen-bond acceptors (Lipinski definition) is 5. The molecule has 0 radical (unpaired) electrons. The monoisotopic (exact) mass is 397 g/mol. The molecule has 0 bridgehead atoms. The van der Waals surface area contributed by atoms with Crippen LogP contribution in [-0.4, -0.2) is 54.0 Å². The first-order valence-electron chi connectivity index (χ1n) is 8.61. The van der Waals surface area contributed by atoms with Gasteiger partial charge in [0.1, 0.15) is 5.82 Å². The summed E-state index contributed by atoms with van der Waals surface area (Å²) in [5.74, 6) is -0.737. The highest BCUT2D eigenvalue weighted by molar-refractivity contribution is 5.90. The molecule has 1 fully saturated rings. The number of benzene rings is 1. The Balaban J connectivity index is 0.00000210. The molecule has 0 aliphatic carbocycles. The second-order valence-corrected chi connectivity index (χ2v) is 7.02. The SMILES string of the molecule is CC1Cc2c(N3CCN(C)CC3)c(F)cc3c(=O)c(OC(=O)O)cn1c23.Cl. The summed E-state index contributed by atoms with van der Waals surface area (Å²) in [6.45, 7) is 5.12. The van der Waals surface area contributed by atoms with Crippen LogP contribution in [0.15, 0.2) is 17.1 Å². The third-order valence-electron chi connectivity index (χ3n) is 5.30. The van der Waals surface area contributed by atoms with E-state index in [1.807, 2.05) is 23.4 Å². The first-order valence-corrected chi connectivity index (χ1v) is 8.61. The Morgan fingerprint density at radius 2 is 1.96 bits per heavy atom. The van der Waals surface area contributed by atoms with E-state index < -0.39 is 17.4 Å². The number of hydrogen-bond donors (Lipinski definition) is 1. The van der Waals surface area contributed by atoms with Gasteiger partial charge >= 0.3 is 6.16 Å². The molecule has 1 aromatic heterocycles. The average Bonchev–Trinajstić information content (AvgIpc) is 2.89. The van der Waals surface area contributed by atoms with Crippen molar-refractivity contribution in [1.29, 1.82) is 0 Å². The summed E-state index contributed by atoms with van der Waals surface area (Å²) in [6.07, 6.45) is 0.451. The van der Waals surface area contributed by atoms with Crippen LogP contribution in [0.4, 0.5) is 14.9 Å².